The third-order valence-corrected chi connectivity index (χ3v) is 3.22. The molecule has 1 N–H and O–H groups in total. The average molecular weight is 300 g/mol. The molecular formula is C12H14BrNO3. The van der Waals surface area contributed by atoms with Gasteiger partial charge in [-0.1, -0.05) is 28.1 Å². The molecular weight excluding hydrogens is 286 g/mol. The van der Waals surface area contributed by atoms with Crippen LogP contribution in [0.25, 0.3) is 0 Å². The van der Waals surface area contributed by atoms with Crippen molar-refractivity contribution in [2.45, 2.75) is 19.1 Å². The zero-order valence-corrected chi connectivity index (χ0v) is 10.9. The Morgan fingerprint density at radius 2 is 2.12 bits per heavy atom. The molecule has 1 unspecified atom stereocenters. The average Bonchev–Trinajstić information content (AvgIpc) is 2.63. The van der Waals surface area contributed by atoms with E-state index in [9.17, 15) is 4.79 Å². The van der Waals surface area contributed by atoms with Crippen molar-refractivity contribution in [3.63, 3.8) is 0 Å². The van der Waals surface area contributed by atoms with E-state index in [-0.39, 0.29) is 18.8 Å². The highest BCUT2D eigenvalue weighted by atomic mass is 79.9. The Morgan fingerprint density at radius 1 is 1.41 bits per heavy atom. The number of rotatable bonds is 4. The van der Waals surface area contributed by atoms with Crippen LogP contribution < -0.4 is 0 Å². The van der Waals surface area contributed by atoms with Crippen LogP contribution in [0.4, 0.5) is 4.79 Å². The van der Waals surface area contributed by atoms with Crippen LogP contribution in [-0.4, -0.2) is 35.4 Å². The lowest BCUT2D eigenvalue weighted by Crippen LogP contribution is -2.24. The first-order valence-corrected chi connectivity index (χ1v) is 6.29. The third-order valence-electron chi connectivity index (χ3n) is 2.69. The van der Waals surface area contributed by atoms with Crippen molar-refractivity contribution < 1.29 is 14.6 Å². The number of carbonyl (C=O) groups is 1. The van der Waals surface area contributed by atoms with E-state index in [2.05, 4.69) is 15.9 Å². The summed E-state index contributed by atoms with van der Waals surface area (Å²) in [5.74, 6) is 0. The zero-order valence-electron chi connectivity index (χ0n) is 9.30. The van der Waals surface area contributed by atoms with Gasteiger partial charge in [0, 0.05) is 24.0 Å². The molecule has 0 radical (unpaired) electrons. The minimum Gasteiger partial charge on any atom is -0.444 e. The maximum Gasteiger partial charge on any atom is 0.410 e. The van der Waals surface area contributed by atoms with E-state index in [0.717, 1.165) is 10.0 Å². The normalized spacial score (nSPS) is 19.5. The van der Waals surface area contributed by atoms with Crippen LogP contribution in [0.5, 0.6) is 0 Å². The van der Waals surface area contributed by atoms with Gasteiger partial charge in [0.25, 0.3) is 0 Å². The number of amides is 1. The molecule has 0 bridgehead atoms. The van der Waals surface area contributed by atoms with Crippen LogP contribution in [0.15, 0.2) is 28.7 Å². The first-order chi connectivity index (χ1) is 8.19. The van der Waals surface area contributed by atoms with Gasteiger partial charge in [0.2, 0.25) is 0 Å². The van der Waals surface area contributed by atoms with Crippen LogP contribution in [0.2, 0.25) is 0 Å². The first kappa shape index (κ1) is 12.4. The van der Waals surface area contributed by atoms with Crippen molar-refractivity contribution >= 4 is 22.0 Å². The van der Waals surface area contributed by atoms with Crippen LogP contribution in [0, 0.1) is 0 Å². The molecule has 92 valence electrons. The number of hydrogen-bond donors (Lipinski definition) is 1. The number of cyclic esters (lactones) is 1. The summed E-state index contributed by atoms with van der Waals surface area (Å²) in [4.78, 5) is 13.2. The van der Waals surface area contributed by atoms with Crippen LogP contribution in [-0.2, 0) is 11.3 Å². The molecule has 1 amide bonds. The molecule has 1 atom stereocenters. The minimum absolute atomic E-state index is 0.0457. The van der Waals surface area contributed by atoms with Crippen molar-refractivity contribution in [1.82, 2.24) is 4.90 Å². The first-order valence-electron chi connectivity index (χ1n) is 5.50. The number of hydrogen-bond acceptors (Lipinski definition) is 3. The number of carbonyl (C=O) groups excluding carboxylic acids is 1. The molecule has 17 heavy (non-hydrogen) atoms. The summed E-state index contributed by atoms with van der Waals surface area (Å²) in [6.45, 7) is 1.15. The molecule has 2 rings (SSSR count). The number of aliphatic hydroxyl groups is 1. The molecule has 1 aliphatic heterocycles. The summed E-state index contributed by atoms with van der Waals surface area (Å²) < 4.78 is 6.15. The Balaban J connectivity index is 1.95. The number of nitrogens with zero attached hydrogens (tertiary/aromatic N) is 1. The second kappa shape index (κ2) is 5.51. The fourth-order valence-corrected chi connectivity index (χ4v) is 2.07. The van der Waals surface area contributed by atoms with Gasteiger partial charge in [0.1, 0.15) is 6.10 Å². The van der Waals surface area contributed by atoms with Crippen molar-refractivity contribution in [1.29, 1.82) is 0 Å². The molecule has 0 saturated carbocycles. The maximum absolute atomic E-state index is 11.5. The van der Waals surface area contributed by atoms with Crippen LogP contribution in [0.1, 0.15) is 12.0 Å². The molecule has 4 nitrogen and oxygen atoms in total. The topological polar surface area (TPSA) is 49.8 Å². The van der Waals surface area contributed by atoms with E-state index in [0.29, 0.717) is 19.5 Å². The van der Waals surface area contributed by atoms with Gasteiger partial charge in [-0.2, -0.15) is 0 Å². The van der Waals surface area contributed by atoms with Gasteiger partial charge in [-0.05, 0) is 17.7 Å². The lowest BCUT2D eigenvalue weighted by atomic mass is 10.2. The van der Waals surface area contributed by atoms with Crippen molar-refractivity contribution in [3.05, 3.63) is 34.3 Å². The summed E-state index contributed by atoms with van der Waals surface area (Å²) in [5.41, 5.74) is 1.06. The van der Waals surface area contributed by atoms with E-state index in [4.69, 9.17) is 9.84 Å². The third kappa shape index (κ3) is 3.20. The van der Waals surface area contributed by atoms with Crippen molar-refractivity contribution in [3.8, 4) is 0 Å². The van der Waals surface area contributed by atoms with E-state index < -0.39 is 0 Å². The quantitative estimate of drug-likeness (QED) is 0.927. The van der Waals surface area contributed by atoms with Gasteiger partial charge in [0.15, 0.2) is 0 Å². The number of aliphatic hydroxyl groups excluding tert-OH is 1. The van der Waals surface area contributed by atoms with Gasteiger partial charge < -0.3 is 14.7 Å². The standard InChI is InChI=1S/C12H14BrNO3/c13-10-3-1-9(2-4-10)7-14-8-11(5-6-15)17-12(14)16/h1-4,11,15H,5-8H2. The predicted octanol–water partition coefficient (Wildman–Crippen LogP) is 2.15. The Morgan fingerprint density at radius 3 is 2.76 bits per heavy atom. The fourth-order valence-electron chi connectivity index (χ4n) is 1.81. The van der Waals surface area contributed by atoms with Gasteiger partial charge in [-0.3, -0.25) is 0 Å². The molecule has 1 saturated heterocycles. The molecule has 1 heterocycles. The predicted molar refractivity (Wildman–Crippen MR) is 66.5 cm³/mol. The highest BCUT2D eigenvalue weighted by Gasteiger charge is 2.30. The zero-order chi connectivity index (χ0) is 12.3. The van der Waals surface area contributed by atoms with Crippen molar-refractivity contribution in [2.24, 2.45) is 0 Å². The maximum atomic E-state index is 11.5. The summed E-state index contributed by atoms with van der Waals surface area (Å²) in [7, 11) is 0. The second-order valence-corrected chi connectivity index (χ2v) is 4.94. The largest absolute Gasteiger partial charge is 0.444 e. The fraction of sp³-hybridized carbons (Fsp3) is 0.417. The van der Waals surface area contributed by atoms with Gasteiger partial charge in [-0.25, -0.2) is 4.79 Å². The molecule has 1 fully saturated rings. The summed E-state index contributed by atoms with van der Waals surface area (Å²) in [6, 6.07) is 7.83. The highest BCUT2D eigenvalue weighted by Crippen LogP contribution is 2.18. The Kier molecular flexibility index (Phi) is 4.02. The molecule has 0 aliphatic carbocycles. The monoisotopic (exact) mass is 299 g/mol. The Hall–Kier alpha value is -1.07. The lowest BCUT2D eigenvalue weighted by molar-refractivity contribution is 0.117. The highest BCUT2D eigenvalue weighted by molar-refractivity contribution is 9.10. The smallest absolute Gasteiger partial charge is 0.410 e. The minimum atomic E-state index is -0.300. The lowest BCUT2D eigenvalue weighted by Gasteiger charge is -2.12. The molecule has 1 aliphatic rings. The number of benzene rings is 1. The SMILES string of the molecule is O=C1OC(CCO)CN1Cc1ccc(Br)cc1. The van der Waals surface area contributed by atoms with E-state index in [1.54, 1.807) is 4.90 Å². The van der Waals surface area contributed by atoms with Crippen LogP contribution >= 0.6 is 15.9 Å². The van der Waals surface area contributed by atoms with E-state index >= 15 is 0 Å². The van der Waals surface area contributed by atoms with Gasteiger partial charge in [0.05, 0.1) is 6.54 Å². The summed E-state index contributed by atoms with van der Waals surface area (Å²) in [6.07, 6.45) is 0.0251. The van der Waals surface area contributed by atoms with Gasteiger partial charge >= 0.3 is 6.09 Å². The van der Waals surface area contributed by atoms with Gasteiger partial charge in [-0.15, -0.1) is 0 Å². The van der Waals surface area contributed by atoms with Crippen molar-refractivity contribution in [2.75, 3.05) is 13.2 Å². The summed E-state index contributed by atoms with van der Waals surface area (Å²) >= 11 is 3.37. The molecule has 1 aromatic rings. The number of ether oxygens (including phenoxy) is 1. The molecule has 1 aromatic carbocycles. The van der Waals surface area contributed by atoms with E-state index in [1.807, 2.05) is 24.3 Å². The molecule has 5 heteroatoms. The molecule has 0 aromatic heterocycles. The number of halogens is 1. The Labute approximate surface area is 108 Å². The molecule has 0 spiro atoms. The Bertz CT molecular complexity index is 393. The second-order valence-electron chi connectivity index (χ2n) is 4.03. The van der Waals surface area contributed by atoms with Crippen LogP contribution in [0.3, 0.4) is 0 Å². The van der Waals surface area contributed by atoms with E-state index in [1.165, 1.54) is 0 Å². The summed E-state index contributed by atoms with van der Waals surface area (Å²) in [5, 5.41) is 8.80.